The second-order valence-electron chi connectivity index (χ2n) is 5.92. The summed E-state index contributed by atoms with van der Waals surface area (Å²) in [7, 11) is 1.48. The average molecular weight is 464 g/mol. The molecular weight excluding hydrogens is 441 g/mol. The van der Waals surface area contributed by atoms with E-state index in [2.05, 4.69) is 10.0 Å². The fourth-order valence-electron chi connectivity index (χ4n) is 2.52. The standard InChI is InChI=1S/C20H23N3O5Se/c1-26-14-28-18-12-16(27-10-6-5-9-22-23-21)11-15(19(18)20(24)25)13-29-17-7-3-2-4-8-17/h2-4,7-8,11-12H,5-6,9-10,13-14H2,1H3,(H,24,25). The molecule has 2 aromatic carbocycles. The number of carboxylic acid groups (broad SMARTS) is 1. The van der Waals surface area contributed by atoms with Crippen molar-refractivity contribution in [2.24, 2.45) is 5.11 Å². The Hall–Kier alpha value is -2.70. The van der Waals surface area contributed by atoms with Crippen LogP contribution in [0.1, 0.15) is 28.8 Å². The van der Waals surface area contributed by atoms with Gasteiger partial charge in [-0.1, -0.05) is 0 Å². The molecule has 0 saturated carbocycles. The van der Waals surface area contributed by atoms with Gasteiger partial charge >= 0.3 is 170 Å². The van der Waals surface area contributed by atoms with E-state index in [0.717, 1.165) is 6.42 Å². The molecule has 1 N–H and O–H groups in total. The van der Waals surface area contributed by atoms with Crippen LogP contribution in [0.15, 0.2) is 47.6 Å². The van der Waals surface area contributed by atoms with Crippen molar-refractivity contribution < 1.29 is 24.1 Å². The van der Waals surface area contributed by atoms with E-state index in [1.807, 2.05) is 30.3 Å². The van der Waals surface area contributed by atoms with E-state index in [9.17, 15) is 9.90 Å². The van der Waals surface area contributed by atoms with Gasteiger partial charge in [-0.25, -0.2) is 0 Å². The van der Waals surface area contributed by atoms with Gasteiger partial charge in [0, 0.05) is 0 Å². The summed E-state index contributed by atoms with van der Waals surface area (Å²) in [5.74, 6) is -0.274. The number of hydrogen-bond acceptors (Lipinski definition) is 5. The molecule has 0 heterocycles. The Morgan fingerprint density at radius 3 is 2.69 bits per heavy atom. The van der Waals surface area contributed by atoms with Gasteiger partial charge < -0.3 is 5.53 Å². The topological polar surface area (TPSA) is 114 Å². The molecule has 0 bridgehead atoms. The molecule has 29 heavy (non-hydrogen) atoms. The van der Waals surface area contributed by atoms with Crippen molar-refractivity contribution >= 4 is 25.4 Å². The van der Waals surface area contributed by atoms with Crippen LogP contribution in [-0.4, -0.2) is 53.1 Å². The normalized spacial score (nSPS) is 10.2. The number of benzene rings is 2. The van der Waals surface area contributed by atoms with Crippen molar-refractivity contribution in [2.75, 3.05) is 27.1 Å². The molecule has 0 aromatic heterocycles. The molecule has 2 aromatic rings. The van der Waals surface area contributed by atoms with Gasteiger partial charge in [0.05, 0.1) is 0 Å². The van der Waals surface area contributed by atoms with Crippen molar-refractivity contribution in [1.82, 2.24) is 0 Å². The van der Waals surface area contributed by atoms with Gasteiger partial charge in [-0.15, -0.1) is 0 Å². The molecule has 0 aliphatic carbocycles. The number of unbranched alkanes of at least 4 members (excludes halogenated alkanes) is 1. The molecule has 0 atom stereocenters. The summed E-state index contributed by atoms with van der Waals surface area (Å²) in [6, 6.07) is 13.3. The van der Waals surface area contributed by atoms with Crippen molar-refractivity contribution in [1.29, 1.82) is 0 Å². The zero-order valence-corrected chi connectivity index (χ0v) is 17.8. The predicted octanol–water partition coefficient (Wildman–Crippen LogP) is 3.37. The van der Waals surface area contributed by atoms with E-state index in [4.69, 9.17) is 19.7 Å². The second kappa shape index (κ2) is 12.7. The summed E-state index contributed by atoms with van der Waals surface area (Å²) < 4.78 is 17.4. The minimum absolute atomic E-state index is 0.0564. The van der Waals surface area contributed by atoms with Crippen LogP contribution >= 0.6 is 0 Å². The zero-order chi connectivity index (χ0) is 20.9. The zero-order valence-electron chi connectivity index (χ0n) is 16.1. The SMILES string of the molecule is COCOc1cc(OCCCCN=[N+]=[N-])cc(C[Se]c2ccccc2)c1C(=O)O. The second-order valence-corrected chi connectivity index (χ2v) is 8.12. The maximum absolute atomic E-state index is 11.9. The van der Waals surface area contributed by atoms with E-state index in [1.54, 1.807) is 12.1 Å². The molecule has 9 heteroatoms. The number of aromatic carboxylic acids is 1. The molecule has 0 aliphatic rings. The molecule has 0 saturated heterocycles. The van der Waals surface area contributed by atoms with Crippen molar-refractivity contribution in [2.45, 2.75) is 18.2 Å². The first-order chi connectivity index (χ1) is 14.2. The number of carbonyl (C=O) groups is 1. The number of azide groups is 1. The van der Waals surface area contributed by atoms with Crippen LogP contribution in [0.3, 0.4) is 0 Å². The average Bonchev–Trinajstić information content (AvgIpc) is 2.73. The van der Waals surface area contributed by atoms with Crippen molar-refractivity contribution in [3.8, 4) is 11.5 Å². The Kier molecular flexibility index (Phi) is 9.89. The molecule has 0 amide bonds. The van der Waals surface area contributed by atoms with E-state index in [1.165, 1.54) is 11.6 Å². The van der Waals surface area contributed by atoms with Gasteiger partial charge in [0.1, 0.15) is 0 Å². The van der Waals surface area contributed by atoms with Crippen molar-refractivity contribution in [3.05, 3.63) is 64.0 Å². The number of rotatable bonds is 13. The summed E-state index contributed by atoms with van der Waals surface area (Å²) in [4.78, 5) is 14.6. The Morgan fingerprint density at radius 1 is 1.21 bits per heavy atom. The summed E-state index contributed by atoms with van der Waals surface area (Å²) in [5.41, 5.74) is 9.09. The Morgan fingerprint density at radius 2 is 2.00 bits per heavy atom. The van der Waals surface area contributed by atoms with Crippen LogP contribution < -0.4 is 13.9 Å². The monoisotopic (exact) mass is 465 g/mol. The van der Waals surface area contributed by atoms with Crippen LogP contribution in [0.5, 0.6) is 11.5 Å². The minimum atomic E-state index is -1.05. The third-order valence-electron chi connectivity index (χ3n) is 3.83. The predicted molar refractivity (Wildman–Crippen MR) is 110 cm³/mol. The molecule has 154 valence electrons. The quantitative estimate of drug-likeness (QED) is 0.122. The first kappa shape index (κ1) is 22.6. The van der Waals surface area contributed by atoms with E-state index < -0.39 is 5.97 Å². The van der Waals surface area contributed by atoms with Crippen molar-refractivity contribution in [3.63, 3.8) is 0 Å². The number of methoxy groups -OCH3 is 1. The molecular formula is C20H23N3O5Se. The molecule has 0 aliphatic heterocycles. The number of carboxylic acids is 1. The maximum atomic E-state index is 11.9. The Balaban J connectivity index is 2.19. The molecule has 0 fully saturated rings. The summed E-state index contributed by atoms with van der Waals surface area (Å²) >= 11 is 0.0674. The first-order valence-electron chi connectivity index (χ1n) is 8.99. The van der Waals surface area contributed by atoms with E-state index in [-0.39, 0.29) is 33.1 Å². The van der Waals surface area contributed by atoms with Gasteiger partial charge in [0.25, 0.3) is 0 Å². The summed E-state index contributed by atoms with van der Waals surface area (Å²) in [6.07, 6.45) is 1.44. The molecule has 8 nitrogen and oxygen atoms in total. The first-order valence-corrected chi connectivity index (χ1v) is 11.1. The number of ether oxygens (including phenoxy) is 3. The fraction of sp³-hybridized carbons (Fsp3) is 0.350. The Labute approximate surface area is 175 Å². The van der Waals surface area contributed by atoms with Crippen LogP contribution in [0.25, 0.3) is 10.4 Å². The fourth-order valence-corrected chi connectivity index (χ4v) is 4.41. The Bertz CT molecular complexity index is 842. The van der Waals surface area contributed by atoms with Gasteiger partial charge in [0.2, 0.25) is 0 Å². The third kappa shape index (κ3) is 7.68. The van der Waals surface area contributed by atoms with E-state index >= 15 is 0 Å². The van der Waals surface area contributed by atoms with Gasteiger partial charge in [-0.3, -0.25) is 0 Å². The number of hydrogen-bond donors (Lipinski definition) is 1. The van der Waals surface area contributed by atoms with Crippen LogP contribution in [0.4, 0.5) is 0 Å². The van der Waals surface area contributed by atoms with Crippen LogP contribution in [0, 0.1) is 0 Å². The van der Waals surface area contributed by atoms with E-state index in [0.29, 0.717) is 36.2 Å². The van der Waals surface area contributed by atoms with Crippen LogP contribution in [-0.2, 0) is 10.1 Å². The molecule has 2 rings (SSSR count). The van der Waals surface area contributed by atoms with Crippen LogP contribution in [0.2, 0.25) is 0 Å². The van der Waals surface area contributed by atoms with Gasteiger partial charge in [-0.05, 0) is 0 Å². The number of nitrogens with zero attached hydrogens (tertiary/aromatic N) is 3. The molecule has 0 unspecified atom stereocenters. The van der Waals surface area contributed by atoms with Gasteiger partial charge in [0.15, 0.2) is 0 Å². The third-order valence-corrected chi connectivity index (χ3v) is 6.05. The molecule has 0 radical (unpaired) electrons. The van der Waals surface area contributed by atoms with Gasteiger partial charge in [-0.2, -0.15) is 0 Å². The summed E-state index contributed by atoms with van der Waals surface area (Å²) in [6.45, 7) is 0.796. The molecule has 0 spiro atoms. The summed E-state index contributed by atoms with van der Waals surface area (Å²) in [5, 5.41) is 13.8.